The third-order valence-electron chi connectivity index (χ3n) is 5.43. The number of fused-ring (bicyclic) bond motifs is 1. The van der Waals surface area contributed by atoms with Crippen molar-refractivity contribution >= 4 is 32.9 Å². The number of sulfonamides is 1. The summed E-state index contributed by atoms with van der Waals surface area (Å²) in [6.45, 7) is 5.17. The number of rotatable bonds is 8. The molecule has 0 bridgehead atoms. The lowest BCUT2D eigenvalue weighted by Gasteiger charge is -2.27. The standard InChI is InChI=1S/C23H26N2O6S/c1-5-31-23(28)21(24(4)32(29,30)17-11-9-15(2)10-12-17)14-25-19-8-6-7-16(3)18(19)13-20(25)22(26)27/h6-13,21H,5,14H2,1-4H3,(H,26,27). The zero-order valence-corrected chi connectivity index (χ0v) is 19.2. The van der Waals surface area contributed by atoms with Crippen LogP contribution in [0, 0.1) is 13.8 Å². The zero-order valence-electron chi connectivity index (χ0n) is 18.4. The maximum atomic E-state index is 13.3. The molecule has 3 aromatic rings. The predicted molar refractivity (Wildman–Crippen MR) is 120 cm³/mol. The van der Waals surface area contributed by atoms with Gasteiger partial charge in [-0.2, -0.15) is 4.31 Å². The summed E-state index contributed by atoms with van der Waals surface area (Å²) in [5.41, 5.74) is 2.33. The molecule has 0 aliphatic carbocycles. The lowest BCUT2D eigenvalue weighted by Crippen LogP contribution is -2.46. The van der Waals surface area contributed by atoms with E-state index in [4.69, 9.17) is 4.74 Å². The number of aromatic nitrogens is 1. The number of aryl methyl sites for hydroxylation is 2. The normalized spacial score (nSPS) is 12.8. The maximum absolute atomic E-state index is 13.3. The molecule has 0 spiro atoms. The first kappa shape index (κ1) is 23.5. The highest BCUT2D eigenvalue weighted by molar-refractivity contribution is 7.89. The van der Waals surface area contributed by atoms with Crippen molar-refractivity contribution in [1.29, 1.82) is 0 Å². The quantitative estimate of drug-likeness (QED) is 0.520. The van der Waals surface area contributed by atoms with Gasteiger partial charge in [-0.05, 0) is 50.6 Å². The molecule has 1 aromatic heterocycles. The van der Waals surface area contributed by atoms with Gasteiger partial charge in [0.1, 0.15) is 11.7 Å². The number of carboxylic acids is 1. The molecule has 9 heteroatoms. The molecule has 2 aromatic carbocycles. The van der Waals surface area contributed by atoms with Gasteiger partial charge in [-0.1, -0.05) is 29.8 Å². The van der Waals surface area contributed by atoms with E-state index in [2.05, 4.69) is 0 Å². The van der Waals surface area contributed by atoms with Crippen LogP contribution in [-0.4, -0.2) is 54.0 Å². The van der Waals surface area contributed by atoms with Gasteiger partial charge < -0.3 is 14.4 Å². The molecule has 3 rings (SSSR count). The van der Waals surface area contributed by atoms with Gasteiger partial charge in [0, 0.05) is 18.0 Å². The van der Waals surface area contributed by atoms with Crippen molar-refractivity contribution in [2.24, 2.45) is 0 Å². The van der Waals surface area contributed by atoms with Crippen molar-refractivity contribution in [3.05, 3.63) is 65.4 Å². The van der Waals surface area contributed by atoms with E-state index in [9.17, 15) is 23.1 Å². The average Bonchev–Trinajstić information content (AvgIpc) is 3.12. The van der Waals surface area contributed by atoms with E-state index in [0.29, 0.717) is 5.52 Å². The number of ether oxygens (including phenoxy) is 1. The Kier molecular flexibility index (Phi) is 6.71. The largest absolute Gasteiger partial charge is 0.477 e. The molecule has 1 unspecified atom stereocenters. The zero-order chi connectivity index (χ0) is 23.6. The molecule has 0 radical (unpaired) electrons. The summed E-state index contributed by atoms with van der Waals surface area (Å²) in [6.07, 6.45) is 0. The fraction of sp³-hybridized carbons (Fsp3) is 0.304. The van der Waals surface area contributed by atoms with Gasteiger partial charge in [0.25, 0.3) is 0 Å². The minimum Gasteiger partial charge on any atom is -0.477 e. The van der Waals surface area contributed by atoms with Crippen LogP contribution in [0.4, 0.5) is 0 Å². The molecule has 1 N–H and O–H groups in total. The maximum Gasteiger partial charge on any atom is 0.352 e. The van der Waals surface area contributed by atoms with E-state index < -0.39 is 28.0 Å². The number of carboxylic acid groups (broad SMARTS) is 1. The Labute approximate surface area is 187 Å². The number of likely N-dealkylation sites (N-methyl/N-ethyl adjacent to an activating group) is 1. The van der Waals surface area contributed by atoms with Crippen LogP contribution >= 0.6 is 0 Å². The molecule has 8 nitrogen and oxygen atoms in total. The summed E-state index contributed by atoms with van der Waals surface area (Å²) in [5, 5.41) is 10.5. The number of hydrogen-bond donors (Lipinski definition) is 1. The van der Waals surface area contributed by atoms with E-state index in [1.165, 1.54) is 29.8 Å². The molecule has 32 heavy (non-hydrogen) atoms. The average molecular weight is 459 g/mol. The lowest BCUT2D eigenvalue weighted by molar-refractivity contribution is -0.147. The van der Waals surface area contributed by atoms with Crippen molar-refractivity contribution in [2.45, 2.75) is 38.3 Å². The van der Waals surface area contributed by atoms with E-state index in [0.717, 1.165) is 20.8 Å². The summed E-state index contributed by atoms with van der Waals surface area (Å²) in [7, 11) is -2.74. The highest BCUT2D eigenvalue weighted by Gasteiger charge is 2.35. The summed E-state index contributed by atoms with van der Waals surface area (Å²) in [5.74, 6) is -1.93. The number of esters is 1. The molecule has 1 atom stereocenters. The summed E-state index contributed by atoms with van der Waals surface area (Å²) in [6, 6.07) is 11.9. The number of carbonyl (C=O) groups is 2. The van der Waals surface area contributed by atoms with E-state index >= 15 is 0 Å². The van der Waals surface area contributed by atoms with Crippen LogP contribution in [0.3, 0.4) is 0 Å². The summed E-state index contributed by atoms with van der Waals surface area (Å²) >= 11 is 0. The van der Waals surface area contributed by atoms with Crippen molar-refractivity contribution in [1.82, 2.24) is 8.87 Å². The molecule has 170 valence electrons. The Hall–Kier alpha value is -3.17. The molecule has 0 fully saturated rings. The van der Waals surface area contributed by atoms with Crippen LogP contribution in [-0.2, 0) is 26.1 Å². The smallest absolute Gasteiger partial charge is 0.352 e. The second-order valence-corrected chi connectivity index (χ2v) is 9.55. The van der Waals surface area contributed by atoms with Gasteiger partial charge in [0.2, 0.25) is 10.0 Å². The molecule has 0 saturated heterocycles. The Morgan fingerprint density at radius 3 is 2.38 bits per heavy atom. The van der Waals surface area contributed by atoms with Gasteiger partial charge in [-0.25, -0.2) is 13.2 Å². The minimum atomic E-state index is -4.04. The number of nitrogens with zero attached hydrogens (tertiary/aromatic N) is 2. The van der Waals surface area contributed by atoms with Crippen LogP contribution in [0.15, 0.2) is 53.4 Å². The Bertz CT molecular complexity index is 1260. The van der Waals surface area contributed by atoms with Gasteiger partial charge in [0.05, 0.1) is 18.0 Å². The van der Waals surface area contributed by atoms with Gasteiger partial charge in [0.15, 0.2) is 0 Å². The number of carbonyl (C=O) groups excluding carboxylic acids is 1. The fourth-order valence-electron chi connectivity index (χ4n) is 3.60. The molecule has 0 aliphatic rings. The van der Waals surface area contributed by atoms with Crippen molar-refractivity contribution < 1.29 is 27.9 Å². The van der Waals surface area contributed by atoms with Crippen molar-refractivity contribution in [3.63, 3.8) is 0 Å². The Balaban J connectivity index is 2.11. The number of hydrogen-bond acceptors (Lipinski definition) is 5. The molecule has 0 aliphatic heterocycles. The van der Waals surface area contributed by atoms with E-state index in [1.807, 2.05) is 19.9 Å². The predicted octanol–water partition coefficient (Wildman–Crippen LogP) is 3.21. The van der Waals surface area contributed by atoms with Crippen LogP contribution in [0.1, 0.15) is 28.5 Å². The topological polar surface area (TPSA) is 106 Å². The first-order chi connectivity index (χ1) is 15.1. The van der Waals surface area contributed by atoms with Gasteiger partial charge >= 0.3 is 11.9 Å². The van der Waals surface area contributed by atoms with Crippen LogP contribution < -0.4 is 0 Å². The number of aromatic carboxylic acids is 1. The third-order valence-corrected chi connectivity index (χ3v) is 7.31. The van der Waals surface area contributed by atoms with E-state index in [1.54, 1.807) is 31.2 Å². The van der Waals surface area contributed by atoms with Crippen molar-refractivity contribution in [2.75, 3.05) is 13.7 Å². The second kappa shape index (κ2) is 9.13. The van der Waals surface area contributed by atoms with Gasteiger partial charge in [-0.3, -0.25) is 4.79 Å². The molecule has 0 amide bonds. The van der Waals surface area contributed by atoms with Crippen LogP contribution in [0.2, 0.25) is 0 Å². The highest BCUT2D eigenvalue weighted by Crippen LogP contribution is 2.26. The summed E-state index contributed by atoms with van der Waals surface area (Å²) < 4.78 is 34.1. The van der Waals surface area contributed by atoms with Gasteiger partial charge in [-0.15, -0.1) is 0 Å². The third kappa shape index (κ3) is 4.39. The lowest BCUT2D eigenvalue weighted by atomic mass is 10.1. The summed E-state index contributed by atoms with van der Waals surface area (Å²) in [4.78, 5) is 24.8. The SMILES string of the molecule is CCOC(=O)C(Cn1c(C(=O)O)cc2c(C)cccc21)N(C)S(=O)(=O)c1ccc(C)cc1. The Morgan fingerprint density at radius 1 is 1.12 bits per heavy atom. The van der Waals surface area contributed by atoms with E-state index in [-0.39, 0.29) is 23.7 Å². The van der Waals surface area contributed by atoms with Crippen molar-refractivity contribution in [3.8, 4) is 0 Å². The molecular formula is C23H26N2O6S. The second-order valence-electron chi connectivity index (χ2n) is 7.56. The molecule has 0 saturated carbocycles. The Morgan fingerprint density at radius 2 is 1.78 bits per heavy atom. The van der Waals surface area contributed by atoms with Crippen LogP contribution in [0.5, 0.6) is 0 Å². The molecule has 1 heterocycles. The molecular weight excluding hydrogens is 432 g/mol. The first-order valence-corrected chi connectivity index (χ1v) is 11.6. The number of benzene rings is 2. The first-order valence-electron chi connectivity index (χ1n) is 10.1. The monoisotopic (exact) mass is 458 g/mol. The fourth-order valence-corrected chi connectivity index (χ4v) is 4.90. The highest BCUT2D eigenvalue weighted by atomic mass is 32.2. The van der Waals surface area contributed by atoms with Crippen LogP contribution in [0.25, 0.3) is 10.9 Å². The minimum absolute atomic E-state index is 0.0339.